The van der Waals surface area contributed by atoms with Crippen LogP contribution >= 0.6 is 15.9 Å². The van der Waals surface area contributed by atoms with Gasteiger partial charge in [0.2, 0.25) is 0 Å². The summed E-state index contributed by atoms with van der Waals surface area (Å²) in [5.41, 5.74) is 9.12. The molecule has 0 heterocycles. The molecule has 0 aliphatic carbocycles. The quantitative estimate of drug-likeness (QED) is 0.847. The van der Waals surface area contributed by atoms with Crippen molar-refractivity contribution in [2.24, 2.45) is 0 Å². The van der Waals surface area contributed by atoms with Crippen molar-refractivity contribution in [1.82, 2.24) is 4.90 Å². The number of benzene rings is 2. The standard InChI is InChI=1S/C17H19BrN2O/c1-11-15(9-14(18)10-16(11)19)17(21)20(3)12(2)13-7-5-4-6-8-13/h4-10,12H,19H2,1-3H3. The molecule has 1 atom stereocenters. The Labute approximate surface area is 133 Å². The van der Waals surface area contributed by atoms with Crippen molar-refractivity contribution in [1.29, 1.82) is 0 Å². The third-order valence-electron chi connectivity index (χ3n) is 3.83. The number of nitrogens with two attached hydrogens (primary N) is 1. The van der Waals surface area contributed by atoms with Gasteiger partial charge in [-0.25, -0.2) is 0 Å². The van der Waals surface area contributed by atoms with Crippen LogP contribution in [0.15, 0.2) is 46.9 Å². The smallest absolute Gasteiger partial charge is 0.254 e. The van der Waals surface area contributed by atoms with E-state index in [1.165, 1.54) is 0 Å². The van der Waals surface area contributed by atoms with Crippen LogP contribution < -0.4 is 5.73 Å². The Morgan fingerprint density at radius 1 is 1.24 bits per heavy atom. The van der Waals surface area contributed by atoms with E-state index in [2.05, 4.69) is 15.9 Å². The zero-order valence-corrected chi connectivity index (χ0v) is 14.0. The van der Waals surface area contributed by atoms with Gasteiger partial charge in [-0.3, -0.25) is 4.79 Å². The molecule has 0 saturated heterocycles. The lowest BCUT2D eigenvalue weighted by atomic mass is 10.0. The number of halogens is 1. The van der Waals surface area contributed by atoms with Crippen LogP contribution in [0, 0.1) is 6.92 Å². The van der Waals surface area contributed by atoms with Gasteiger partial charge in [0.05, 0.1) is 6.04 Å². The molecule has 1 amide bonds. The Bertz CT molecular complexity index is 655. The second-order valence-corrected chi connectivity index (χ2v) is 6.09. The number of nitrogen functional groups attached to an aromatic ring is 1. The molecule has 0 aliphatic heterocycles. The lowest BCUT2D eigenvalue weighted by Gasteiger charge is -2.26. The lowest BCUT2D eigenvalue weighted by Crippen LogP contribution is -2.30. The summed E-state index contributed by atoms with van der Waals surface area (Å²) in [5.74, 6) is -0.0307. The Morgan fingerprint density at radius 2 is 1.86 bits per heavy atom. The normalized spacial score (nSPS) is 12.0. The zero-order valence-electron chi connectivity index (χ0n) is 12.4. The van der Waals surface area contributed by atoms with E-state index in [0.29, 0.717) is 11.3 Å². The van der Waals surface area contributed by atoms with Crippen molar-refractivity contribution in [3.8, 4) is 0 Å². The van der Waals surface area contributed by atoms with Gasteiger partial charge in [-0.1, -0.05) is 46.3 Å². The average Bonchev–Trinajstić information content (AvgIpc) is 2.49. The van der Waals surface area contributed by atoms with Crippen LogP contribution in [-0.4, -0.2) is 17.9 Å². The summed E-state index contributed by atoms with van der Waals surface area (Å²) in [6.45, 7) is 3.89. The van der Waals surface area contributed by atoms with E-state index in [4.69, 9.17) is 5.73 Å². The lowest BCUT2D eigenvalue weighted by molar-refractivity contribution is 0.0742. The SMILES string of the molecule is Cc1c(N)cc(Br)cc1C(=O)N(C)C(C)c1ccccc1. The summed E-state index contributed by atoms with van der Waals surface area (Å²) < 4.78 is 0.815. The zero-order chi connectivity index (χ0) is 15.6. The summed E-state index contributed by atoms with van der Waals surface area (Å²) >= 11 is 3.40. The minimum absolute atomic E-state index is 0.00157. The van der Waals surface area contributed by atoms with Crippen LogP contribution in [0.2, 0.25) is 0 Å². The molecule has 2 rings (SSSR count). The van der Waals surface area contributed by atoms with Gasteiger partial charge in [-0.2, -0.15) is 0 Å². The molecule has 0 aliphatic rings. The fourth-order valence-electron chi connectivity index (χ4n) is 2.24. The summed E-state index contributed by atoms with van der Waals surface area (Å²) in [6.07, 6.45) is 0. The Morgan fingerprint density at radius 3 is 2.48 bits per heavy atom. The molecule has 2 aromatic rings. The maximum absolute atomic E-state index is 12.7. The number of nitrogens with zero attached hydrogens (tertiary/aromatic N) is 1. The largest absolute Gasteiger partial charge is 0.398 e. The van der Waals surface area contributed by atoms with E-state index < -0.39 is 0 Å². The van der Waals surface area contributed by atoms with Gasteiger partial charge in [-0.05, 0) is 37.1 Å². The molecule has 0 radical (unpaired) electrons. The number of hydrogen-bond acceptors (Lipinski definition) is 2. The molecule has 110 valence electrons. The van der Waals surface area contributed by atoms with Crippen molar-refractivity contribution in [2.45, 2.75) is 19.9 Å². The summed E-state index contributed by atoms with van der Waals surface area (Å²) in [5, 5.41) is 0. The first kappa shape index (κ1) is 15.6. The molecule has 1 unspecified atom stereocenters. The van der Waals surface area contributed by atoms with E-state index in [0.717, 1.165) is 15.6 Å². The van der Waals surface area contributed by atoms with Gasteiger partial charge in [0, 0.05) is 22.8 Å². The van der Waals surface area contributed by atoms with Gasteiger partial charge < -0.3 is 10.6 Å². The Hall–Kier alpha value is -1.81. The molecule has 21 heavy (non-hydrogen) atoms. The van der Waals surface area contributed by atoms with E-state index in [1.807, 2.05) is 63.4 Å². The van der Waals surface area contributed by atoms with Gasteiger partial charge >= 0.3 is 0 Å². The van der Waals surface area contributed by atoms with Crippen LogP contribution in [0.4, 0.5) is 5.69 Å². The van der Waals surface area contributed by atoms with Crippen molar-refractivity contribution < 1.29 is 4.79 Å². The third-order valence-corrected chi connectivity index (χ3v) is 4.28. The number of hydrogen-bond donors (Lipinski definition) is 1. The van der Waals surface area contributed by atoms with E-state index in [1.54, 1.807) is 4.90 Å². The van der Waals surface area contributed by atoms with Crippen LogP contribution in [0.1, 0.15) is 34.5 Å². The fourth-order valence-corrected chi connectivity index (χ4v) is 2.72. The number of rotatable bonds is 3. The van der Waals surface area contributed by atoms with Crippen LogP contribution in [0.3, 0.4) is 0 Å². The molecular weight excluding hydrogens is 328 g/mol. The number of amides is 1. The average molecular weight is 347 g/mol. The topological polar surface area (TPSA) is 46.3 Å². The first-order valence-corrected chi connectivity index (χ1v) is 7.59. The van der Waals surface area contributed by atoms with E-state index in [-0.39, 0.29) is 11.9 Å². The van der Waals surface area contributed by atoms with Crippen molar-refractivity contribution in [3.05, 3.63) is 63.6 Å². The first-order valence-electron chi connectivity index (χ1n) is 6.79. The molecule has 0 bridgehead atoms. The van der Waals surface area contributed by atoms with Crippen LogP contribution in [0.25, 0.3) is 0 Å². The predicted octanol–water partition coefficient (Wildman–Crippen LogP) is 4.17. The van der Waals surface area contributed by atoms with Crippen LogP contribution in [-0.2, 0) is 0 Å². The molecule has 2 aromatic carbocycles. The van der Waals surface area contributed by atoms with Gasteiger partial charge in [0.15, 0.2) is 0 Å². The third kappa shape index (κ3) is 3.27. The highest BCUT2D eigenvalue weighted by Gasteiger charge is 2.21. The van der Waals surface area contributed by atoms with Crippen molar-refractivity contribution in [2.75, 3.05) is 12.8 Å². The highest BCUT2D eigenvalue weighted by molar-refractivity contribution is 9.10. The summed E-state index contributed by atoms with van der Waals surface area (Å²) in [7, 11) is 1.82. The number of anilines is 1. The monoisotopic (exact) mass is 346 g/mol. The summed E-state index contributed by atoms with van der Waals surface area (Å²) in [6, 6.07) is 13.6. The van der Waals surface area contributed by atoms with Gasteiger partial charge in [0.25, 0.3) is 5.91 Å². The maximum atomic E-state index is 12.7. The maximum Gasteiger partial charge on any atom is 0.254 e. The second kappa shape index (κ2) is 6.31. The van der Waals surface area contributed by atoms with E-state index >= 15 is 0 Å². The van der Waals surface area contributed by atoms with Crippen molar-refractivity contribution in [3.63, 3.8) is 0 Å². The minimum atomic E-state index is -0.0307. The Kier molecular flexibility index (Phi) is 4.68. The van der Waals surface area contributed by atoms with Crippen LogP contribution in [0.5, 0.6) is 0 Å². The molecule has 0 aromatic heterocycles. The number of carbonyl (C=O) groups is 1. The van der Waals surface area contributed by atoms with Gasteiger partial charge in [-0.15, -0.1) is 0 Å². The molecule has 0 fully saturated rings. The van der Waals surface area contributed by atoms with Crippen molar-refractivity contribution >= 4 is 27.5 Å². The molecule has 0 spiro atoms. The molecule has 4 heteroatoms. The molecular formula is C17H19BrN2O. The highest BCUT2D eigenvalue weighted by atomic mass is 79.9. The van der Waals surface area contributed by atoms with E-state index in [9.17, 15) is 4.79 Å². The molecule has 0 saturated carbocycles. The Balaban J connectivity index is 2.32. The number of carbonyl (C=O) groups excluding carboxylic acids is 1. The summed E-state index contributed by atoms with van der Waals surface area (Å²) in [4.78, 5) is 14.5. The van der Waals surface area contributed by atoms with Gasteiger partial charge in [0.1, 0.15) is 0 Å². The minimum Gasteiger partial charge on any atom is -0.398 e. The second-order valence-electron chi connectivity index (χ2n) is 5.17. The molecule has 2 N–H and O–H groups in total. The molecule has 3 nitrogen and oxygen atoms in total. The predicted molar refractivity (Wildman–Crippen MR) is 90.2 cm³/mol. The fraction of sp³-hybridized carbons (Fsp3) is 0.235. The first-order chi connectivity index (χ1) is 9.91. The highest BCUT2D eigenvalue weighted by Crippen LogP contribution is 2.26.